The number of unbranched alkanes of at least 4 members (excludes halogenated alkanes) is 1. The third kappa shape index (κ3) is 5.50. The second kappa shape index (κ2) is 7.07. The summed E-state index contributed by atoms with van der Waals surface area (Å²) in [6, 6.07) is 7.65. The number of benzene rings is 1. The van der Waals surface area contributed by atoms with Crippen LogP contribution in [0.2, 0.25) is 0 Å². The number of carbonyl (C=O) groups is 1. The average molecular weight is 234 g/mol. The molecule has 1 amide bonds. The van der Waals surface area contributed by atoms with Gasteiger partial charge in [0.25, 0.3) is 5.91 Å². The molecule has 0 atom stereocenters. The van der Waals surface area contributed by atoms with E-state index in [4.69, 9.17) is 0 Å². The Morgan fingerprint density at radius 2 is 1.82 bits per heavy atom. The van der Waals surface area contributed by atoms with Crippen molar-refractivity contribution in [3.05, 3.63) is 35.4 Å². The molecule has 1 aromatic rings. The van der Waals surface area contributed by atoms with Gasteiger partial charge in [0.2, 0.25) is 0 Å². The number of nitrogens with one attached hydrogen (secondary N) is 1. The third-order valence-corrected chi connectivity index (χ3v) is 2.63. The molecule has 94 valence electrons. The quantitative estimate of drug-likeness (QED) is 0.764. The summed E-state index contributed by atoms with van der Waals surface area (Å²) in [4.78, 5) is 13.9. The molecule has 0 heterocycles. The Balaban J connectivity index is 2.23. The Morgan fingerprint density at radius 1 is 1.18 bits per heavy atom. The molecule has 0 aliphatic carbocycles. The Labute approximate surface area is 104 Å². The van der Waals surface area contributed by atoms with Crippen LogP contribution in [-0.4, -0.2) is 38.0 Å². The lowest BCUT2D eigenvalue weighted by molar-refractivity contribution is 0.0953. The molecule has 0 radical (unpaired) electrons. The van der Waals surface area contributed by atoms with Crippen LogP contribution in [-0.2, 0) is 0 Å². The van der Waals surface area contributed by atoms with Crippen LogP contribution in [0.1, 0.15) is 28.8 Å². The highest BCUT2D eigenvalue weighted by Gasteiger charge is 2.03. The molecule has 1 aromatic carbocycles. The van der Waals surface area contributed by atoms with Gasteiger partial charge in [-0.2, -0.15) is 0 Å². The molecular formula is C14H22N2O. The lowest BCUT2D eigenvalue weighted by atomic mass is 10.1. The van der Waals surface area contributed by atoms with Crippen molar-refractivity contribution in [3.8, 4) is 0 Å². The van der Waals surface area contributed by atoms with Crippen LogP contribution < -0.4 is 5.32 Å². The summed E-state index contributed by atoms with van der Waals surface area (Å²) >= 11 is 0. The second-order valence-electron chi connectivity index (χ2n) is 4.63. The van der Waals surface area contributed by atoms with Gasteiger partial charge < -0.3 is 10.2 Å². The van der Waals surface area contributed by atoms with Gasteiger partial charge in [0.15, 0.2) is 0 Å². The molecule has 0 aliphatic rings. The van der Waals surface area contributed by atoms with Gasteiger partial charge in [-0.05, 0) is 52.5 Å². The van der Waals surface area contributed by atoms with Gasteiger partial charge in [-0.25, -0.2) is 0 Å². The van der Waals surface area contributed by atoms with E-state index < -0.39 is 0 Å². The van der Waals surface area contributed by atoms with Gasteiger partial charge in [0, 0.05) is 12.1 Å². The minimum Gasteiger partial charge on any atom is -0.352 e. The maximum atomic E-state index is 11.7. The van der Waals surface area contributed by atoms with Crippen LogP contribution >= 0.6 is 0 Å². The zero-order valence-corrected chi connectivity index (χ0v) is 11.0. The number of hydrogen-bond acceptors (Lipinski definition) is 2. The molecule has 17 heavy (non-hydrogen) atoms. The average Bonchev–Trinajstić information content (AvgIpc) is 2.29. The molecule has 1 rings (SSSR count). The monoisotopic (exact) mass is 234 g/mol. The first-order chi connectivity index (χ1) is 8.09. The highest BCUT2D eigenvalue weighted by Crippen LogP contribution is 2.02. The molecule has 0 aliphatic heterocycles. The standard InChI is InChI=1S/C14H22N2O/c1-12-6-8-13(9-7-12)14(17)15-10-4-5-11-16(2)3/h6-9H,4-5,10-11H2,1-3H3,(H,15,17). The lowest BCUT2D eigenvalue weighted by Crippen LogP contribution is -2.25. The summed E-state index contributed by atoms with van der Waals surface area (Å²) in [7, 11) is 4.12. The largest absolute Gasteiger partial charge is 0.352 e. The van der Waals surface area contributed by atoms with Crippen LogP contribution in [0.15, 0.2) is 24.3 Å². The SMILES string of the molecule is Cc1ccc(C(=O)NCCCCN(C)C)cc1. The molecule has 0 saturated carbocycles. The molecule has 0 fully saturated rings. The minimum atomic E-state index is 0.0230. The molecule has 0 bridgehead atoms. The van der Waals surface area contributed by atoms with Gasteiger partial charge in [0.1, 0.15) is 0 Å². The summed E-state index contributed by atoms with van der Waals surface area (Å²) in [5.41, 5.74) is 1.91. The molecule has 0 unspecified atom stereocenters. The number of rotatable bonds is 6. The Kier molecular flexibility index (Phi) is 5.70. The van der Waals surface area contributed by atoms with Gasteiger partial charge in [-0.15, -0.1) is 0 Å². The van der Waals surface area contributed by atoms with E-state index in [1.165, 1.54) is 5.56 Å². The Morgan fingerprint density at radius 3 is 2.41 bits per heavy atom. The maximum absolute atomic E-state index is 11.7. The minimum absolute atomic E-state index is 0.0230. The summed E-state index contributed by atoms with van der Waals surface area (Å²) < 4.78 is 0. The molecule has 0 spiro atoms. The predicted molar refractivity (Wildman–Crippen MR) is 71.3 cm³/mol. The van der Waals surface area contributed by atoms with Crippen molar-refractivity contribution in [2.45, 2.75) is 19.8 Å². The first-order valence-corrected chi connectivity index (χ1v) is 6.09. The van der Waals surface area contributed by atoms with Crippen molar-refractivity contribution < 1.29 is 4.79 Å². The number of aryl methyl sites for hydroxylation is 1. The summed E-state index contributed by atoms with van der Waals surface area (Å²) in [5.74, 6) is 0.0230. The third-order valence-electron chi connectivity index (χ3n) is 2.63. The zero-order valence-electron chi connectivity index (χ0n) is 11.0. The van der Waals surface area contributed by atoms with Gasteiger partial charge in [-0.1, -0.05) is 17.7 Å². The maximum Gasteiger partial charge on any atom is 0.251 e. The number of nitrogens with zero attached hydrogens (tertiary/aromatic N) is 1. The smallest absolute Gasteiger partial charge is 0.251 e. The molecule has 3 nitrogen and oxygen atoms in total. The second-order valence-corrected chi connectivity index (χ2v) is 4.63. The fraction of sp³-hybridized carbons (Fsp3) is 0.500. The summed E-state index contributed by atoms with van der Waals surface area (Å²) in [6.45, 7) is 3.84. The first-order valence-electron chi connectivity index (χ1n) is 6.09. The van der Waals surface area contributed by atoms with E-state index in [1.807, 2.05) is 31.2 Å². The van der Waals surface area contributed by atoms with E-state index in [1.54, 1.807) is 0 Å². The number of hydrogen-bond donors (Lipinski definition) is 1. The van der Waals surface area contributed by atoms with E-state index in [2.05, 4.69) is 24.3 Å². The van der Waals surface area contributed by atoms with E-state index in [-0.39, 0.29) is 5.91 Å². The summed E-state index contributed by atoms with van der Waals surface area (Å²) in [5, 5.41) is 2.93. The first kappa shape index (κ1) is 13.7. The predicted octanol–water partition coefficient (Wildman–Crippen LogP) is 2.07. The van der Waals surface area contributed by atoms with Gasteiger partial charge in [0.05, 0.1) is 0 Å². The number of carbonyl (C=O) groups excluding carboxylic acids is 1. The van der Waals surface area contributed by atoms with Crippen molar-refractivity contribution in [2.75, 3.05) is 27.2 Å². The fourth-order valence-corrected chi connectivity index (χ4v) is 1.56. The lowest BCUT2D eigenvalue weighted by Gasteiger charge is -2.09. The van der Waals surface area contributed by atoms with Crippen LogP contribution in [0.5, 0.6) is 0 Å². The Hall–Kier alpha value is -1.35. The van der Waals surface area contributed by atoms with Crippen LogP contribution in [0.3, 0.4) is 0 Å². The van der Waals surface area contributed by atoms with Crippen LogP contribution in [0.4, 0.5) is 0 Å². The molecular weight excluding hydrogens is 212 g/mol. The van der Waals surface area contributed by atoms with E-state index in [0.29, 0.717) is 0 Å². The fourth-order valence-electron chi connectivity index (χ4n) is 1.56. The van der Waals surface area contributed by atoms with Gasteiger partial charge in [-0.3, -0.25) is 4.79 Å². The molecule has 3 heteroatoms. The molecule has 1 N–H and O–H groups in total. The van der Waals surface area contributed by atoms with Crippen LogP contribution in [0.25, 0.3) is 0 Å². The molecule has 0 aromatic heterocycles. The van der Waals surface area contributed by atoms with E-state index in [0.717, 1.165) is 31.5 Å². The van der Waals surface area contributed by atoms with Crippen molar-refractivity contribution in [3.63, 3.8) is 0 Å². The molecule has 0 saturated heterocycles. The van der Waals surface area contributed by atoms with Crippen molar-refractivity contribution in [1.29, 1.82) is 0 Å². The van der Waals surface area contributed by atoms with Crippen molar-refractivity contribution in [2.24, 2.45) is 0 Å². The number of amides is 1. The van der Waals surface area contributed by atoms with E-state index in [9.17, 15) is 4.79 Å². The highest BCUT2D eigenvalue weighted by atomic mass is 16.1. The zero-order chi connectivity index (χ0) is 12.7. The van der Waals surface area contributed by atoms with E-state index >= 15 is 0 Å². The normalized spacial score (nSPS) is 10.6. The Bertz CT molecular complexity index is 344. The summed E-state index contributed by atoms with van der Waals surface area (Å²) in [6.07, 6.45) is 2.14. The topological polar surface area (TPSA) is 32.3 Å². The van der Waals surface area contributed by atoms with Gasteiger partial charge >= 0.3 is 0 Å². The van der Waals surface area contributed by atoms with Crippen LogP contribution in [0, 0.1) is 6.92 Å². The van der Waals surface area contributed by atoms with Crippen molar-refractivity contribution >= 4 is 5.91 Å². The van der Waals surface area contributed by atoms with Crippen molar-refractivity contribution in [1.82, 2.24) is 10.2 Å². The highest BCUT2D eigenvalue weighted by molar-refractivity contribution is 5.94.